The van der Waals surface area contributed by atoms with Crippen LogP contribution in [0.15, 0.2) is 91.0 Å². The first-order valence-corrected chi connectivity index (χ1v) is 10.6. The Hall–Kier alpha value is -2.67. The molecule has 0 saturated carbocycles. The lowest BCUT2D eigenvalue weighted by molar-refractivity contribution is -0.131. The smallest absolute Gasteiger partial charge is 0.297 e. The summed E-state index contributed by atoms with van der Waals surface area (Å²) in [4.78, 5) is 30.1. The number of carbonyl (C=O) groups is 2. The van der Waals surface area contributed by atoms with Gasteiger partial charge in [0.15, 0.2) is 5.54 Å². The second-order valence-electron chi connectivity index (χ2n) is 6.65. The second-order valence-corrected chi connectivity index (χ2v) is 7.33. The normalized spacial score (nSPS) is 15.9. The lowest BCUT2D eigenvalue weighted by Gasteiger charge is -2.36. The number of urea groups is 1. The first-order chi connectivity index (χ1) is 13.7. The van der Waals surface area contributed by atoms with Crippen LogP contribution in [-0.4, -0.2) is 26.3 Å². The Morgan fingerprint density at radius 3 is 1.64 bits per heavy atom. The van der Waals surface area contributed by atoms with Crippen LogP contribution in [0.2, 0.25) is 0 Å². The number of carbonyl (C=O) groups excluding carboxylic acids is 2. The molecule has 5 heteroatoms. The van der Waals surface area contributed by atoms with Gasteiger partial charge in [-0.1, -0.05) is 114 Å². The number of hydrogen-bond donors (Lipinski definition) is 0. The van der Waals surface area contributed by atoms with E-state index in [-0.39, 0.29) is 11.9 Å². The zero-order chi connectivity index (χ0) is 19.6. The van der Waals surface area contributed by atoms with Gasteiger partial charge in [0, 0.05) is 6.54 Å². The molecular weight excluding hydrogens is 463 g/mol. The number of amides is 3. The van der Waals surface area contributed by atoms with Crippen molar-refractivity contribution in [2.45, 2.75) is 12.1 Å². The van der Waals surface area contributed by atoms with Crippen LogP contribution in [0.1, 0.15) is 16.7 Å². The van der Waals surface area contributed by atoms with Crippen LogP contribution < -0.4 is 0 Å². The fourth-order valence-electron chi connectivity index (χ4n) is 3.83. The summed E-state index contributed by atoms with van der Waals surface area (Å²) in [6.45, 7) is 0.350. The fourth-order valence-corrected chi connectivity index (χ4v) is 4.43. The maximum atomic E-state index is 13.7. The topological polar surface area (TPSA) is 40.6 Å². The van der Waals surface area contributed by atoms with E-state index in [1.54, 1.807) is 4.90 Å². The molecule has 3 aromatic carbocycles. The van der Waals surface area contributed by atoms with E-state index < -0.39 is 5.54 Å². The van der Waals surface area contributed by atoms with Gasteiger partial charge in [-0.2, -0.15) is 0 Å². The van der Waals surface area contributed by atoms with E-state index >= 15 is 0 Å². The van der Waals surface area contributed by atoms with Gasteiger partial charge in [0.1, 0.15) is 0 Å². The molecule has 4 rings (SSSR count). The Labute approximate surface area is 177 Å². The molecule has 0 radical (unpaired) electrons. The summed E-state index contributed by atoms with van der Waals surface area (Å²) in [5, 5.41) is 0. The van der Waals surface area contributed by atoms with Gasteiger partial charge in [0.25, 0.3) is 5.91 Å². The molecule has 1 aliphatic rings. The van der Waals surface area contributed by atoms with E-state index in [0.717, 1.165) is 16.7 Å². The zero-order valence-corrected chi connectivity index (χ0v) is 17.3. The standard InChI is InChI=1S/C23H19IN2O2/c24-17-25-21(27)23(19-12-6-2-7-13-19,20-14-8-3-9-15-20)26(22(25)28)16-18-10-4-1-5-11-18/h1-15H,16-17H2. The van der Waals surface area contributed by atoms with E-state index in [0.29, 0.717) is 11.1 Å². The molecule has 0 atom stereocenters. The van der Waals surface area contributed by atoms with Crippen LogP contribution in [0.5, 0.6) is 0 Å². The molecule has 0 aliphatic carbocycles. The van der Waals surface area contributed by atoms with Gasteiger partial charge in [-0.25, -0.2) is 4.79 Å². The molecule has 28 heavy (non-hydrogen) atoms. The Kier molecular flexibility index (Phi) is 5.17. The molecule has 3 aromatic rings. The molecular formula is C23H19IN2O2. The van der Waals surface area contributed by atoms with Crippen molar-refractivity contribution in [3.63, 3.8) is 0 Å². The highest BCUT2D eigenvalue weighted by Crippen LogP contribution is 2.44. The van der Waals surface area contributed by atoms with E-state index in [4.69, 9.17) is 0 Å². The minimum Gasteiger partial charge on any atom is -0.297 e. The van der Waals surface area contributed by atoms with Gasteiger partial charge in [0.05, 0.1) is 4.55 Å². The summed E-state index contributed by atoms with van der Waals surface area (Å²) in [6, 6.07) is 28.7. The van der Waals surface area contributed by atoms with Crippen molar-refractivity contribution < 1.29 is 9.59 Å². The van der Waals surface area contributed by atoms with E-state index in [1.807, 2.05) is 91.0 Å². The molecule has 0 unspecified atom stereocenters. The number of rotatable bonds is 5. The van der Waals surface area contributed by atoms with Gasteiger partial charge in [0.2, 0.25) is 0 Å². The van der Waals surface area contributed by atoms with Gasteiger partial charge >= 0.3 is 6.03 Å². The molecule has 3 amide bonds. The summed E-state index contributed by atoms with van der Waals surface area (Å²) in [7, 11) is 0. The Bertz CT molecular complexity index is 938. The Morgan fingerprint density at radius 1 is 0.714 bits per heavy atom. The predicted octanol–water partition coefficient (Wildman–Crippen LogP) is 4.79. The van der Waals surface area contributed by atoms with E-state index in [1.165, 1.54) is 4.90 Å². The molecule has 1 heterocycles. The van der Waals surface area contributed by atoms with Crippen molar-refractivity contribution in [1.82, 2.24) is 9.80 Å². The highest BCUT2D eigenvalue weighted by molar-refractivity contribution is 14.1. The van der Waals surface area contributed by atoms with Crippen molar-refractivity contribution in [3.8, 4) is 0 Å². The van der Waals surface area contributed by atoms with E-state index in [2.05, 4.69) is 22.6 Å². The third-order valence-electron chi connectivity index (χ3n) is 5.11. The molecule has 1 aliphatic heterocycles. The number of hydrogen-bond acceptors (Lipinski definition) is 2. The average molecular weight is 482 g/mol. The number of alkyl halides is 1. The van der Waals surface area contributed by atoms with Crippen LogP contribution in [-0.2, 0) is 16.9 Å². The lowest BCUT2D eigenvalue weighted by atomic mass is 9.81. The van der Waals surface area contributed by atoms with Crippen LogP contribution in [0.3, 0.4) is 0 Å². The highest BCUT2D eigenvalue weighted by atomic mass is 127. The minimum absolute atomic E-state index is 0.208. The SMILES string of the molecule is O=C1N(CI)C(=O)C(c2ccccc2)(c2ccccc2)N1Cc1ccccc1. The number of benzene rings is 3. The molecule has 1 saturated heterocycles. The van der Waals surface area contributed by atoms with E-state index in [9.17, 15) is 9.59 Å². The minimum atomic E-state index is -1.18. The monoisotopic (exact) mass is 482 g/mol. The highest BCUT2D eigenvalue weighted by Gasteiger charge is 2.59. The zero-order valence-electron chi connectivity index (χ0n) is 15.2. The van der Waals surface area contributed by atoms with Crippen LogP contribution >= 0.6 is 22.6 Å². The van der Waals surface area contributed by atoms with Crippen molar-refractivity contribution in [2.75, 3.05) is 4.55 Å². The van der Waals surface area contributed by atoms with Gasteiger partial charge in [-0.15, -0.1) is 0 Å². The number of nitrogens with zero attached hydrogens (tertiary/aromatic N) is 2. The van der Waals surface area contributed by atoms with Crippen LogP contribution in [0, 0.1) is 0 Å². The molecule has 140 valence electrons. The molecule has 1 fully saturated rings. The first kappa shape index (κ1) is 18.7. The van der Waals surface area contributed by atoms with Gasteiger partial charge in [-0.05, 0) is 16.7 Å². The van der Waals surface area contributed by atoms with Crippen LogP contribution in [0.25, 0.3) is 0 Å². The third kappa shape index (κ3) is 2.90. The summed E-state index contributed by atoms with van der Waals surface area (Å²) in [5.41, 5.74) is 1.39. The lowest BCUT2D eigenvalue weighted by Crippen LogP contribution is -2.47. The van der Waals surface area contributed by atoms with Crippen molar-refractivity contribution in [2.24, 2.45) is 0 Å². The molecule has 0 aromatic heterocycles. The summed E-state index contributed by atoms with van der Waals surface area (Å²) in [6.07, 6.45) is 0. The number of imide groups is 1. The Morgan fingerprint density at radius 2 is 1.18 bits per heavy atom. The second kappa shape index (κ2) is 7.75. The molecule has 0 N–H and O–H groups in total. The summed E-state index contributed by atoms with van der Waals surface area (Å²) < 4.78 is 0.308. The molecule has 0 bridgehead atoms. The largest absolute Gasteiger partial charge is 0.329 e. The fraction of sp³-hybridized carbons (Fsp3) is 0.130. The van der Waals surface area contributed by atoms with Gasteiger partial charge < -0.3 is 0 Å². The van der Waals surface area contributed by atoms with Crippen molar-refractivity contribution >= 4 is 34.5 Å². The maximum absolute atomic E-state index is 13.7. The van der Waals surface area contributed by atoms with Crippen LogP contribution in [0.4, 0.5) is 4.79 Å². The summed E-state index contributed by atoms with van der Waals surface area (Å²) in [5.74, 6) is -0.208. The third-order valence-corrected chi connectivity index (χ3v) is 5.79. The van der Waals surface area contributed by atoms with Gasteiger partial charge in [-0.3, -0.25) is 14.6 Å². The maximum Gasteiger partial charge on any atom is 0.329 e. The molecule has 0 spiro atoms. The van der Waals surface area contributed by atoms with Crippen molar-refractivity contribution in [3.05, 3.63) is 108 Å². The quantitative estimate of drug-likeness (QED) is 0.227. The Balaban J connectivity index is 1.97. The summed E-state index contributed by atoms with van der Waals surface area (Å²) >= 11 is 2.07. The molecule has 4 nitrogen and oxygen atoms in total. The first-order valence-electron chi connectivity index (χ1n) is 9.04. The average Bonchev–Trinajstić information content (AvgIpc) is 2.97. The van der Waals surface area contributed by atoms with Crippen molar-refractivity contribution in [1.29, 1.82) is 0 Å². The predicted molar refractivity (Wildman–Crippen MR) is 117 cm³/mol. The number of halogens is 1.